The first-order chi connectivity index (χ1) is 7.65. The number of aryl methyl sites for hydroxylation is 1. The molecule has 0 spiro atoms. The maximum Gasteiger partial charge on any atom is 0.330 e. The zero-order valence-electron chi connectivity index (χ0n) is 9.47. The zero-order valence-corrected chi connectivity index (χ0v) is 9.47. The van der Waals surface area contributed by atoms with Crippen LogP contribution < -0.4 is 5.32 Å². The summed E-state index contributed by atoms with van der Waals surface area (Å²) >= 11 is 0. The van der Waals surface area contributed by atoms with E-state index in [0.717, 1.165) is 12.4 Å². The van der Waals surface area contributed by atoms with E-state index in [1.54, 1.807) is 19.3 Å². The Kier molecular flexibility index (Phi) is 4.65. The van der Waals surface area contributed by atoms with Crippen LogP contribution in [0.25, 0.3) is 0 Å². The van der Waals surface area contributed by atoms with Crippen molar-refractivity contribution in [1.29, 1.82) is 0 Å². The number of carboxylic acids is 1. The second-order valence-corrected chi connectivity index (χ2v) is 3.36. The van der Waals surface area contributed by atoms with Crippen LogP contribution in [-0.2, 0) is 17.9 Å². The maximum atomic E-state index is 10.5. The molecule has 0 amide bonds. The summed E-state index contributed by atoms with van der Waals surface area (Å²) in [5, 5.41) is 19.5. The minimum atomic E-state index is -0.890. The Morgan fingerprint density at radius 2 is 2.44 bits per heavy atom. The van der Waals surface area contributed by atoms with E-state index in [-0.39, 0.29) is 0 Å². The fourth-order valence-electron chi connectivity index (χ4n) is 1.18. The summed E-state index contributed by atoms with van der Waals surface area (Å²) in [6.45, 7) is 5.50. The predicted octanol–water partition coefficient (Wildman–Crippen LogP) is 0.418. The highest BCUT2D eigenvalue weighted by molar-refractivity contribution is 5.85. The molecule has 0 radical (unpaired) electrons. The maximum absolute atomic E-state index is 10.5. The van der Waals surface area contributed by atoms with Gasteiger partial charge in [0.15, 0.2) is 0 Å². The molecule has 1 heterocycles. The lowest BCUT2D eigenvalue weighted by atomic mass is 10.3. The summed E-state index contributed by atoms with van der Waals surface area (Å²) in [6, 6.07) is 0. The minimum Gasteiger partial charge on any atom is -0.478 e. The number of aromatic nitrogens is 3. The monoisotopic (exact) mass is 224 g/mol. The second-order valence-electron chi connectivity index (χ2n) is 3.36. The summed E-state index contributed by atoms with van der Waals surface area (Å²) in [5.41, 5.74) is 0.337. The van der Waals surface area contributed by atoms with Gasteiger partial charge < -0.3 is 15.0 Å². The zero-order chi connectivity index (χ0) is 12.0. The van der Waals surface area contributed by atoms with E-state index in [0.29, 0.717) is 18.7 Å². The molecule has 6 nitrogen and oxygen atoms in total. The van der Waals surface area contributed by atoms with Crippen LogP contribution in [0.2, 0.25) is 0 Å². The van der Waals surface area contributed by atoms with Crippen LogP contribution in [0.5, 0.6) is 0 Å². The van der Waals surface area contributed by atoms with Crippen molar-refractivity contribution in [2.24, 2.45) is 0 Å². The molecule has 1 rings (SSSR count). The van der Waals surface area contributed by atoms with Crippen molar-refractivity contribution in [1.82, 2.24) is 20.1 Å². The van der Waals surface area contributed by atoms with E-state index >= 15 is 0 Å². The van der Waals surface area contributed by atoms with Crippen molar-refractivity contribution in [2.75, 3.05) is 6.54 Å². The molecule has 0 aliphatic heterocycles. The van der Waals surface area contributed by atoms with Gasteiger partial charge in [-0.3, -0.25) is 0 Å². The Balaban J connectivity index is 2.36. The highest BCUT2D eigenvalue weighted by Gasteiger charge is 2.01. The van der Waals surface area contributed by atoms with Crippen LogP contribution in [0.4, 0.5) is 0 Å². The highest BCUT2D eigenvalue weighted by Crippen LogP contribution is 1.94. The topological polar surface area (TPSA) is 80.0 Å². The second kappa shape index (κ2) is 6.02. The average Bonchev–Trinajstić information content (AvgIpc) is 2.71. The van der Waals surface area contributed by atoms with Gasteiger partial charge in [-0.05, 0) is 13.8 Å². The largest absolute Gasteiger partial charge is 0.478 e. The van der Waals surface area contributed by atoms with Gasteiger partial charge in [-0.1, -0.05) is 6.08 Å². The van der Waals surface area contributed by atoms with Crippen molar-refractivity contribution in [3.05, 3.63) is 23.8 Å². The molecule has 0 fully saturated rings. The normalized spacial score (nSPS) is 11.8. The van der Waals surface area contributed by atoms with Gasteiger partial charge in [0, 0.05) is 18.7 Å². The first-order valence-corrected chi connectivity index (χ1v) is 5.12. The van der Waals surface area contributed by atoms with Crippen molar-refractivity contribution in [2.45, 2.75) is 26.9 Å². The van der Waals surface area contributed by atoms with Gasteiger partial charge in [-0.15, -0.1) is 10.2 Å². The van der Waals surface area contributed by atoms with Crippen molar-refractivity contribution in [3.8, 4) is 0 Å². The Bertz CT molecular complexity index is 384. The summed E-state index contributed by atoms with van der Waals surface area (Å²) in [5.74, 6) is -0.0394. The molecule has 2 N–H and O–H groups in total. The number of hydrogen-bond donors (Lipinski definition) is 2. The fraction of sp³-hybridized carbons (Fsp3) is 0.500. The first-order valence-electron chi connectivity index (χ1n) is 5.12. The molecule has 88 valence electrons. The van der Waals surface area contributed by atoms with E-state index in [9.17, 15) is 4.79 Å². The third-order valence-electron chi connectivity index (χ3n) is 2.21. The van der Waals surface area contributed by atoms with E-state index in [2.05, 4.69) is 15.5 Å². The molecule has 0 bridgehead atoms. The minimum absolute atomic E-state index is 0.337. The number of nitrogens with zero attached hydrogens (tertiary/aromatic N) is 3. The Morgan fingerprint density at radius 1 is 1.69 bits per heavy atom. The number of nitrogens with one attached hydrogen (secondary N) is 1. The quantitative estimate of drug-likeness (QED) is 0.540. The van der Waals surface area contributed by atoms with Crippen molar-refractivity contribution in [3.63, 3.8) is 0 Å². The molecule has 0 unspecified atom stereocenters. The van der Waals surface area contributed by atoms with Crippen LogP contribution in [0.3, 0.4) is 0 Å². The molecular weight excluding hydrogens is 208 g/mol. The molecule has 0 saturated heterocycles. The fourth-order valence-corrected chi connectivity index (χ4v) is 1.18. The van der Waals surface area contributed by atoms with Crippen molar-refractivity contribution < 1.29 is 9.90 Å². The third kappa shape index (κ3) is 3.47. The SMILES string of the molecule is CCn1cnnc1CNC/C=C(/C)C(=O)O. The summed E-state index contributed by atoms with van der Waals surface area (Å²) in [6.07, 6.45) is 3.31. The van der Waals surface area contributed by atoms with Gasteiger partial charge in [0.25, 0.3) is 0 Å². The smallest absolute Gasteiger partial charge is 0.330 e. The lowest BCUT2D eigenvalue weighted by Gasteiger charge is -2.03. The molecule has 0 aliphatic carbocycles. The number of hydrogen-bond acceptors (Lipinski definition) is 4. The predicted molar refractivity (Wildman–Crippen MR) is 58.8 cm³/mol. The Hall–Kier alpha value is -1.69. The number of aliphatic carboxylic acids is 1. The summed E-state index contributed by atoms with van der Waals surface area (Å²) in [7, 11) is 0. The number of rotatable bonds is 6. The standard InChI is InChI=1S/C10H16N4O2/c1-3-14-7-12-13-9(14)6-11-5-4-8(2)10(15)16/h4,7,11H,3,5-6H2,1-2H3,(H,15,16)/b8-4-. The van der Waals surface area contributed by atoms with Crippen LogP contribution in [0.1, 0.15) is 19.7 Å². The lowest BCUT2D eigenvalue weighted by Crippen LogP contribution is -2.17. The molecule has 6 heteroatoms. The van der Waals surface area contributed by atoms with Crippen LogP contribution in [0, 0.1) is 0 Å². The molecule has 16 heavy (non-hydrogen) atoms. The molecule has 0 aromatic carbocycles. The number of carboxylic acid groups (broad SMARTS) is 1. The van der Waals surface area contributed by atoms with Gasteiger partial charge in [0.1, 0.15) is 12.2 Å². The molecule has 0 saturated carbocycles. The van der Waals surface area contributed by atoms with E-state index < -0.39 is 5.97 Å². The third-order valence-corrected chi connectivity index (χ3v) is 2.21. The molecule has 0 aliphatic rings. The van der Waals surface area contributed by atoms with Crippen molar-refractivity contribution >= 4 is 5.97 Å². The summed E-state index contributed by atoms with van der Waals surface area (Å²) in [4.78, 5) is 10.5. The van der Waals surface area contributed by atoms with Gasteiger partial charge in [-0.25, -0.2) is 4.79 Å². The van der Waals surface area contributed by atoms with Gasteiger partial charge in [0.2, 0.25) is 0 Å². The van der Waals surface area contributed by atoms with Crippen LogP contribution in [0.15, 0.2) is 18.0 Å². The Labute approximate surface area is 94.0 Å². The van der Waals surface area contributed by atoms with E-state index in [1.165, 1.54) is 0 Å². The van der Waals surface area contributed by atoms with E-state index in [1.807, 2.05) is 11.5 Å². The van der Waals surface area contributed by atoms with Gasteiger partial charge in [0.05, 0.1) is 6.54 Å². The molecule has 1 aromatic rings. The first kappa shape index (κ1) is 12.4. The van der Waals surface area contributed by atoms with Crippen LogP contribution >= 0.6 is 0 Å². The molecular formula is C10H16N4O2. The van der Waals surface area contributed by atoms with E-state index in [4.69, 9.17) is 5.11 Å². The van der Waals surface area contributed by atoms with Crippen LogP contribution in [-0.4, -0.2) is 32.4 Å². The Morgan fingerprint density at radius 3 is 3.06 bits per heavy atom. The highest BCUT2D eigenvalue weighted by atomic mass is 16.4. The molecule has 0 atom stereocenters. The van der Waals surface area contributed by atoms with Gasteiger partial charge >= 0.3 is 5.97 Å². The lowest BCUT2D eigenvalue weighted by molar-refractivity contribution is -0.132. The summed E-state index contributed by atoms with van der Waals surface area (Å²) < 4.78 is 1.93. The van der Waals surface area contributed by atoms with Gasteiger partial charge in [-0.2, -0.15) is 0 Å². The molecule has 1 aromatic heterocycles. The average molecular weight is 224 g/mol. The number of carbonyl (C=O) groups is 1.